The highest BCUT2D eigenvalue weighted by Gasteiger charge is 2.20. The lowest BCUT2D eigenvalue weighted by Crippen LogP contribution is -2.33. The van der Waals surface area contributed by atoms with Gasteiger partial charge in [-0.05, 0) is 69.4 Å². The second-order valence-corrected chi connectivity index (χ2v) is 8.58. The van der Waals surface area contributed by atoms with Crippen molar-refractivity contribution < 1.29 is 0 Å². The zero-order valence-corrected chi connectivity index (χ0v) is 18.4. The minimum Gasteiger partial charge on any atom is -0.353 e. The fraction of sp³-hybridized carbons (Fsp3) is 0.333. The molecule has 4 aromatic heterocycles. The first kappa shape index (κ1) is 20.4. The average molecular weight is 429 g/mol. The van der Waals surface area contributed by atoms with E-state index >= 15 is 0 Å². The minimum absolute atomic E-state index is 0.319. The van der Waals surface area contributed by atoms with Gasteiger partial charge in [0.1, 0.15) is 5.65 Å². The number of hydrogen-bond donors (Lipinski definition) is 3. The molecule has 1 fully saturated rings. The van der Waals surface area contributed by atoms with Gasteiger partial charge in [-0.15, -0.1) is 0 Å². The fourth-order valence-corrected chi connectivity index (χ4v) is 4.16. The van der Waals surface area contributed by atoms with E-state index in [4.69, 9.17) is 10.7 Å². The van der Waals surface area contributed by atoms with E-state index in [-0.39, 0.29) is 0 Å². The topological polar surface area (TPSA) is 106 Å². The Balaban J connectivity index is 1.44. The number of nitrogens with one attached hydrogen (secondary N) is 2. The van der Waals surface area contributed by atoms with Crippen molar-refractivity contribution in [2.24, 2.45) is 5.73 Å². The molecule has 8 heteroatoms. The van der Waals surface area contributed by atoms with Crippen molar-refractivity contribution in [3.8, 4) is 11.4 Å². The van der Waals surface area contributed by atoms with E-state index < -0.39 is 0 Å². The maximum atomic E-state index is 6.04. The zero-order valence-electron chi connectivity index (χ0n) is 18.4. The van der Waals surface area contributed by atoms with E-state index in [0.717, 1.165) is 65.4 Å². The van der Waals surface area contributed by atoms with Crippen LogP contribution in [0.4, 0.5) is 17.3 Å². The Morgan fingerprint density at radius 3 is 2.50 bits per heavy atom. The third-order valence-corrected chi connectivity index (χ3v) is 6.03. The summed E-state index contributed by atoms with van der Waals surface area (Å²) in [6, 6.07) is 8.70. The normalized spacial score (nSPS) is 18.6. The molecule has 4 heterocycles. The number of nitrogens with zero attached hydrogens (tertiary/aromatic N) is 5. The number of pyridine rings is 2. The molecule has 0 unspecified atom stereocenters. The molecule has 1 saturated carbocycles. The highest BCUT2D eigenvalue weighted by atomic mass is 15.1. The van der Waals surface area contributed by atoms with Crippen molar-refractivity contribution in [2.75, 3.05) is 10.6 Å². The van der Waals surface area contributed by atoms with Gasteiger partial charge in [-0.3, -0.25) is 9.38 Å². The molecule has 164 valence electrons. The molecule has 1 aliphatic carbocycles. The van der Waals surface area contributed by atoms with Crippen molar-refractivity contribution >= 4 is 23.0 Å². The second-order valence-electron chi connectivity index (χ2n) is 8.58. The first-order valence-electron chi connectivity index (χ1n) is 11.1. The number of fused-ring (bicyclic) bond motifs is 1. The smallest absolute Gasteiger partial charge is 0.223 e. The summed E-state index contributed by atoms with van der Waals surface area (Å²) in [7, 11) is 0. The largest absolute Gasteiger partial charge is 0.353 e. The lowest BCUT2D eigenvalue weighted by molar-refractivity contribution is 0.410. The van der Waals surface area contributed by atoms with Gasteiger partial charge in [0.15, 0.2) is 0 Å². The summed E-state index contributed by atoms with van der Waals surface area (Å²) in [4.78, 5) is 18.3. The molecule has 0 saturated heterocycles. The second kappa shape index (κ2) is 8.55. The molecular formula is C24H28N8. The van der Waals surface area contributed by atoms with E-state index in [0.29, 0.717) is 18.0 Å². The monoisotopic (exact) mass is 428 g/mol. The molecular weight excluding hydrogens is 400 g/mol. The Hall–Kier alpha value is -3.52. The molecule has 32 heavy (non-hydrogen) atoms. The molecule has 0 aromatic carbocycles. The standard InChI is InChI=1S/C24H28N8/c1-15-11-28-24(30-18-7-4-17(25)5-8-18)31-23(15)21-13-27-22-10-9-20(14-32(21)22)29-19-6-3-16(2)26-12-19/h3,6,9-14,17-18,29H,4-5,7-8,25H2,1-2H3,(H,28,30,31)/t17-,18-. The van der Waals surface area contributed by atoms with Crippen LogP contribution in [0.15, 0.2) is 49.1 Å². The third kappa shape index (κ3) is 4.27. The molecule has 0 aliphatic heterocycles. The molecule has 0 spiro atoms. The van der Waals surface area contributed by atoms with Crippen LogP contribution in [0.1, 0.15) is 36.9 Å². The van der Waals surface area contributed by atoms with Gasteiger partial charge in [0.05, 0.1) is 35.2 Å². The molecule has 0 atom stereocenters. The SMILES string of the molecule is Cc1ccc(Nc2ccc3ncc(-c4nc(N[C@H]5CC[C@H](N)CC5)ncc4C)n3c2)cn1. The van der Waals surface area contributed by atoms with E-state index in [2.05, 4.69) is 30.0 Å². The van der Waals surface area contributed by atoms with Gasteiger partial charge in [0.2, 0.25) is 5.95 Å². The van der Waals surface area contributed by atoms with Crippen LogP contribution in [0.2, 0.25) is 0 Å². The number of anilines is 3. The number of aromatic nitrogens is 5. The summed E-state index contributed by atoms with van der Waals surface area (Å²) in [5, 5.41) is 6.91. The molecule has 5 rings (SSSR count). The van der Waals surface area contributed by atoms with Gasteiger partial charge in [0, 0.05) is 30.2 Å². The third-order valence-electron chi connectivity index (χ3n) is 6.03. The van der Waals surface area contributed by atoms with Gasteiger partial charge in [0.25, 0.3) is 0 Å². The summed E-state index contributed by atoms with van der Waals surface area (Å²) in [5.74, 6) is 0.654. The molecule has 0 radical (unpaired) electrons. The van der Waals surface area contributed by atoms with Crippen molar-refractivity contribution in [1.29, 1.82) is 0 Å². The van der Waals surface area contributed by atoms with E-state index in [9.17, 15) is 0 Å². The van der Waals surface area contributed by atoms with Gasteiger partial charge >= 0.3 is 0 Å². The first-order valence-corrected chi connectivity index (χ1v) is 11.1. The number of imidazole rings is 1. The van der Waals surface area contributed by atoms with Gasteiger partial charge in [-0.2, -0.15) is 0 Å². The first-order chi connectivity index (χ1) is 15.5. The van der Waals surface area contributed by atoms with Crippen molar-refractivity contribution in [3.63, 3.8) is 0 Å². The van der Waals surface area contributed by atoms with Gasteiger partial charge in [-0.1, -0.05) is 0 Å². The predicted octanol–water partition coefficient (Wildman–Crippen LogP) is 4.23. The molecule has 8 nitrogen and oxygen atoms in total. The lowest BCUT2D eigenvalue weighted by Gasteiger charge is -2.26. The van der Waals surface area contributed by atoms with Crippen LogP contribution in [0.3, 0.4) is 0 Å². The Morgan fingerprint density at radius 2 is 1.72 bits per heavy atom. The van der Waals surface area contributed by atoms with Crippen LogP contribution >= 0.6 is 0 Å². The fourth-order valence-electron chi connectivity index (χ4n) is 4.16. The lowest BCUT2D eigenvalue weighted by atomic mass is 9.92. The Morgan fingerprint density at radius 1 is 0.906 bits per heavy atom. The number of hydrogen-bond acceptors (Lipinski definition) is 7. The summed E-state index contributed by atoms with van der Waals surface area (Å²) in [6.07, 6.45) is 11.8. The van der Waals surface area contributed by atoms with Gasteiger partial charge < -0.3 is 16.4 Å². The Kier molecular flexibility index (Phi) is 5.45. The van der Waals surface area contributed by atoms with Crippen LogP contribution in [0, 0.1) is 13.8 Å². The molecule has 4 N–H and O–H groups in total. The summed E-state index contributed by atoms with van der Waals surface area (Å²) in [5.41, 5.74) is 12.6. The predicted molar refractivity (Wildman–Crippen MR) is 127 cm³/mol. The number of aryl methyl sites for hydroxylation is 2. The van der Waals surface area contributed by atoms with E-state index in [1.807, 2.05) is 62.9 Å². The van der Waals surface area contributed by atoms with Gasteiger partial charge in [-0.25, -0.2) is 15.0 Å². The minimum atomic E-state index is 0.319. The van der Waals surface area contributed by atoms with E-state index in [1.54, 1.807) is 0 Å². The Bertz CT molecular complexity index is 1220. The molecule has 0 bridgehead atoms. The van der Waals surface area contributed by atoms with Crippen LogP contribution in [-0.4, -0.2) is 36.4 Å². The highest BCUT2D eigenvalue weighted by Crippen LogP contribution is 2.26. The molecule has 1 aliphatic rings. The molecule has 0 amide bonds. The number of nitrogens with two attached hydrogens (primary N) is 1. The van der Waals surface area contributed by atoms with Crippen LogP contribution < -0.4 is 16.4 Å². The van der Waals surface area contributed by atoms with Crippen LogP contribution in [-0.2, 0) is 0 Å². The summed E-state index contributed by atoms with van der Waals surface area (Å²) in [6.45, 7) is 4.00. The highest BCUT2D eigenvalue weighted by molar-refractivity contribution is 5.67. The Labute approximate surface area is 187 Å². The number of rotatable bonds is 5. The van der Waals surface area contributed by atoms with Crippen molar-refractivity contribution in [2.45, 2.75) is 51.6 Å². The van der Waals surface area contributed by atoms with Crippen LogP contribution in [0.25, 0.3) is 17.0 Å². The average Bonchev–Trinajstić information content (AvgIpc) is 3.21. The van der Waals surface area contributed by atoms with E-state index in [1.165, 1.54) is 0 Å². The van der Waals surface area contributed by atoms with Crippen molar-refractivity contribution in [1.82, 2.24) is 24.3 Å². The maximum absolute atomic E-state index is 6.04. The molecule has 4 aromatic rings. The maximum Gasteiger partial charge on any atom is 0.223 e. The summed E-state index contributed by atoms with van der Waals surface area (Å²) >= 11 is 0. The van der Waals surface area contributed by atoms with Crippen molar-refractivity contribution in [3.05, 3.63) is 60.3 Å². The summed E-state index contributed by atoms with van der Waals surface area (Å²) < 4.78 is 2.06. The quantitative estimate of drug-likeness (QED) is 0.437. The van der Waals surface area contributed by atoms with Crippen LogP contribution in [0.5, 0.6) is 0 Å². The zero-order chi connectivity index (χ0) is 22.1.